The lowest BCUT2D eigenvalue weighted by molar-refractivity contribution is -0.392. The number of anilines is 3. The molecule has 2 aliphatic carbocycles. The van der Waals surface area contributed by atoms with E-state index < -0.39 is 79.9 Å². The summed E-state index contributed by atoms with van der Waals surface area (Å²) in [4.78, 5) is 83.3. The number of phenolic OH excluding ortho intramolecular Hbond substituents is 1. The van der Waals surface area contributed by atoms with Crippen LogP contribution in [0.1, 0.15) is 31.2 Å². The molecule has 1 N–H and O–H groups in total. The van der Waals surface area contributed by atoms with E-state index in [1.807, 2.05) is 0 Å². The van der Waals surface area contributed by atoms with E-state index in [2.05, 4.69) is 0 Å². The summed E-state index contributed by atoms with van der Waals surface area (Å²) in [6.45, 7) is 1.69. The SMILES string of the molecule is COc1cc([C@H]2C3=CC[C@@H]4C(=O)N(c5cc([N+](=O)[O-])c(N(C)C)c([N+](=O)[O-])c5)C(=O)[C@@H]4[C@@H]3C[C@H]3C(=O)N(c4ccccc4)C(=O)[C@@]23C)cc(Cl)c1O. The molecule has 3 aromatic carbocycles. The van der Waals surface area contributed by atoms with Crippen molar-refractivity contribution in [3.63, 3.8) is 0 Å². The molecule has 268 valence electrons. The Labute approximate surface area is 301 Å². The number of nitrogens with zero attached hydrogens (tertiary/aromatic N) is 5. The third-order valence-electron chi connectivity index (χ3n) is 11.0. The number of carbonyl (C=O) groups excluding carboxylic acids is 4. The first kappa shape index (κ1) is 34.6. The quantitative estimate of drug-likeness (QED) is 0.142. The number of methoxy groups -OCH3 is 1. The third-order valence-corrected chi connectivity index (χ3v) is 11.3. The van der Waals surface area contributed by atoms with Gasteiger partial charge in [-0.05, 0) is 55.5 Å². The largest absolute Gasteiger partial charge is 0.503 e. The summed E-state index contributed by atoms with van der Waals surface area (Å²) in [5.41, 5.74) is -1.92. The number of ether oxygens (including phenoxy) is 1. The molecule has 0 radical (unpaired) electrons. The summed E-state index contributed by atoms with van der Waals surface area (Å²) in [7, 11) is 4.15. The average molecular weight is 730 g/mol. The zero-order valence-electron chi connectivity index (χ0n) is 28.3. The van der Waals surface area contributed by atoms with Gasteiger partial charge in [0, 0.05) is 32.1 Å². The first-order valence-corrected chi connectivity index (χ1v) is 16.7. The number of fused-ring (bicyclic) bond motifs is 4. The van der Waals surface area contributed by atoms with Crippen molar-refractivity contribution in [3.8, 4) is 11.5 Å². The van der Waals surface area contributed by atoms with Crippen LogP contribution in [0.2, 0.25) is 5.02 Å². The summed E-state index contributed by atoms with van der Waals surface area (Å²) in [6, 6.07) is 13.4. The van der Waals surface area contributed by atoms with Crippen LogP contribution in [0, 0.1) is 49.3 Å². The van der Waals surface area contributed by atoms with Gasteiger partial charge in [-0.3, -0.25) is 39.4 Å². The fraction of sp³-hybridized carbons (Fsp3) is 0.333. The predicted molar refractivity (Wildman–Crippen MR) is 187 cm³/mol. The monoisotopic (exact) mass is 729 g/mol. The summed E-state index contributed by atoms with van der Waals surface area (Å²) >= 11 is 6.47. The predicted octanol–water partition coefficient (Wildman–Crippen LogP) is 5.37. The normalized spacial score (nSPS) is 26.5. The Hall–Kier alpha value is -5.83. The minimum atomic E-state index is -1.40. The Morgan fingerprint density at radius 3 is 2.12 bits per heavy atom. The summed E-state index contributed by atoms with van der Waals surface area (Å²) in [6.07, 6.45) is 1.86. The van der Waals surface area contributed by atoms with Gasteiger partial charge < -0.3 is 14.7 Å². The fourth-order valence-corrected chi connectivity index (χ4v) is 9.06. The van der Waals surface area contributed by atoms with Crippen molar-refractivity contribution in [1.29, 1.82) is 0 Å². The number of carbonyl (C=O) groups is 4. The molecule has 0 bridgehead atoms. The van der Waals surface area contributed by atoms with Crippen LogP contribution in [0.15, 0.2) is 66.2 Å². The molecule has 2 saturated heterocycles. The third kappa shape index (κ3) is 4.78. The van der Waals surface area contributed by atoms with Gasteiger partial charge in [-0.1, -0.05) is 41.4 Å². The molecule has 15 nitrogen and oxygen atoms in total. The van der Waals surface area contributed by atoms with Crippen LogP contribution >= 0.6 is 11.6 Å². The van der Waals surface area contributed by atoms with Gasteiger partial charge in [-0.15, -0.1) is 0 Å². The molecule has 3 aromatic rings. The number of halogens is 1. The second-order valence-corrected chi connectivity index (χ2v) is 14.2. The highest BCUT2D eigenvalue weighted by Crippen LogP contribution is 2.64. The maximum atomic E-state index is 14.6. The van der Waals surface area contributed by atoms with E-state index in [4.69, 9.17) is 16.3 Å². The fourth-order valence-electron chi connectivity index (χ4n) is 8.84. The van der Waals surface area contributed by atoms with Gasteiger partial charge in [0.05, 0.1) is 56.5 Å². The second kappa shape index (κ2) is 12.1. The van der Waals surface area contributed by atoms with Crippen molar-refractivity contribution in [2.45, 2.75) is 25.7 Å². The first-order valence-electron chi connectivity index (χ1n) is 16.3. The lowest BCUT2D eigenvalue weighted by atomic mass is 9.51. The summed E-state index contributed by atoms with van der Waals surface area (Å²) in [5, 5.41) is 34.8. The van der Waals surface area contributed by atoms with Crippen molar-refractivity contribution in [1.82, 2.24) is 0 Å². The number of imide groups is 2. The number of aromatic hydroxyl groups is 1. The minimum Gasteiger partial charge on any atom is -0.503 e. The van der Waals surface area contributed by atoms with Crippen LogP contribution in [0.3, 0.4) is 0 Å². The number of para-hydroxylation sites is 1. The number of hydrogen-bond acceptors (Lipinski definition) is 11. The lowest BCUT2D eigenvalue weighted by Gasteiger charge is -2.49. The highest BCUT2D eigenvalue weighted by molar-refractivity contribution is 6.32. The van der Waals surface area contributed by atoms with Crippen molar-refractivity contribution in [2.75, 3.05) is 35.9 Å². The van der Waals surface area contributed by atoms with Gasteiger partial charge in [-0.2, -0.15) is 0 Å². The zero-order valence-corrected chi connectivity index (χ0v) is 29.1. The van der Waals surface area contributed by atoms with Gasteiger partial charge in [0.25, 0.3) is 0 Å². The first-order chi connectivity index (χ1) is 24.6. The van der Waals surface area contributed by atoms with Crippen LogP contribution in [-0.4, -0.2) is 59.8 Å². The molecule has 1 saturated carbocycles. The summed E-state index contributed by atoms with van der Waals surface area (Å²) in [5.74, 6) is -7.29. The summed E-state index contributed by atoms with van der Waals surface area (Å²) < 4.78 is 5.40. The van der Waals surface area contributed by atoms with Crippen LogP contribution in [0.5, 0.6) is 11.5 Å². The molecule has 2 heterocycles. The van der Waals surface area contributed by atoms with Crippen molar-refractivity contribution < 1.29 is 38.9 Å². The van der Waals surface area contributed by atoms with Crippen molar-refractivity contribution in [3.05, 3.63) is 97.1 Å². The number of hydrogen-bond donors (Lipinski definition) is 1. The molecule has 7 rings (SSSR count). The van der Waals surface area contributed by atoms with Crippen LogP contribution in [0.25, 0.3) is 0 Å². The van der Waals surface area contributed by atoms with E-state index in [9.17, 15) is 44.5 Å². The molecule has 0 spiro atoms. The molecular weight excluding hydrogens is 698 g/mol. The van der Waals surface area contributed by atoms with E-state index in [1.54, 1.807) is 43.3 Å². The Morgan fingerprint density at radius 1 is 0.904 bits per heavy atom. The Kier molecular flexibility index (Phi) is 8.09. The maximum Gasteiger partial charge on any atom is 0.301 e. The van der Waals surface area contributed by atoms with E-state index >= 15 is 0 Å². The Bertz CT molecular complexity index is 2120. The number of benzene rings is 3. The van der Waals surface area contributed by atoms with Gasteiger partial charge in [0.15, 0.2) is 17.2 Å². The van der Waals surface area contributed by atoms with Crippen molar-refractivity contribution >= 4 is 63.7 Å². The van der Waals surface area contributed by atoms with Gasteiger partial charge in [0.1, 0.15) is 0 Å². The number of nitro groups is 2. The highest BCUT2D eigenvalue weighted by atomic mass is 35.5. The zero-order chi connectivity index (χ0) is 37.5. The van der Waals surface area contributed by atoms with E-state index in [1.165, 1.54) is 38.2 Å². The van der Waals surface area contributed by atoms with Gasteiger partial charge >= 0.3 is 11.4 Å². The van der Waals surface area contributed by atoms with E-state index in [0.717, 1.165) is 21.9 Å². The molecule has 4 aliphatic rings. The topological polar surface area (TPSA) is 194 Å². The number of nitro benzene ring substituents is 2. The van der Waals surface area contributed by atoms with Crippen molar-refractivity contribution in [2.24, 2.45) is 29.1 Å². The molecule has 52 heavy (non-hydrogen) atoms. The Balaban J connectivity index is 1.38. The molecular formula is C36H32ClN5O10. The molecule has 4 amide bonds. The molecule has 6 atom stereocenters. The van der Waals surface area contributed by atoms with E-state index in [-0.39, 0.29) is 40.7 Å². The molecule has 16 heteroatoms. The number of rotatable bonds is 7. The lowest BCUT2D eigenvalue weighted by Crippen LogP contribution is -2.48. The number of allylic oxidation sites excluding steroid dienone is 2. The van der Waals surface area contributed by atoms with Crippen LogP contribution in [0.4, 0.5) is 28.4 Å². The Morgan fingerprint density at radius 2 is 1.54 bits per heavy atom. The smallest absolute Gasteiger partial charge is 0.301 e. The van der Waals surface area contributed by atoms with Crippen LogP contribution in [-0.2, 0) is 19.2 Å². The molecule has 2 aliphatic heterocycles. The minimum absolute atomic E-state index is 0.0174. The maximum absolute atomic E-state index is 14.6. The standard InChI is InChI=1S/C36H32ClN5O10/c1-36-23(33(45)40(35(36)47)18-8-6-5-7-9-18)16-22-20(29(36)17-12-24(37)31(43)27(13-17)52-4)10-11-21-28(22)34(46)39(32(21)44)19-14-25(41(48)49)30(38(2)3)26(15-19)42(50)51/h5-10,12-15,21-23,28-29,43H,11,16H2,1-4H3/t21-,22+,23-,28-,29-,36+/m0/s1. The number of amides is 4. The second-order valence-electron chi connectivity index (χ2n) is 13.8. The highest BCUT2D eigenvalue weighted by Gasteiger charge is 2.67. The molecule has 3 fully saturated rings. The molecule has 0 aromatic heterocycles. The number of phenols is 1. The average Bonchev–Trinajstić information content (AvgIpc) is 3.48. The van der Waals surface area contributed by atoms with Crippen LogP contribution < -0.4 is 19.4 Å². The van der Waals surface area contributed by atoms with Gasteiger partial charge in [0.2, 0.25) is 23.6 Å². The van der Waals surface area contributed by atoms with Gasteiger partial charge in [-0.25, -0.2) is 9.80 Å². The molecule has 0 unspecified atom stereocenters. The van der Waals surface area contributed by atoms with E-state index in [0.29, 0.717) is 16.8 Å².